The van der Waals surface area contributed by atoms with E-state index >= 15 is 0 Å². The first-order chi connectivity index (χ1) is 12.1. The van der Waals surface area contributed by atoms with Crippen molar-refractivity contribution in [2.45, 2.75) is 11.9 Å². The van der Waals surface area contributed by atoms with Crippen LogP contribution < -0.4 is 22.1 Å². The van der Waals surface area contributed by atoms with Crippen LogP contribution >= 0.6 is 34.8 Å². The molecule has 0 saturated carbocycles. The lowest BCUT2D eigenvalue weighted by Crippen LogP contribution is -2.23. The fourth-order valence-corrected chi connectivity index (χ4v) is 3.71. The summed E-state index contributed by atoms with van der Waals surface area (Å²) in [5.41, 5.74) is 11.6. The van der Waals surface area contributed by atoms with Crippen LogP contribution in [-0.2, 0) is 5.75 Å². The Kier molecular flexibility index (Phi) is 8.14. The average Bonchev–Trinajstić information content (AvgIpc) is 3.21. The van der Waals surface area contributed by atoms with E-state index in [0.717, 1.165) is 28.9 Å². The fraction of sp³-hybridized carbons (Fsp3) is 0.500. The van der Waals surface area contributed by atoms with Gasteiger partial charge in [-0.2, -0.15) is 25.5 Å². The Morgan fingerprint density at radius 3 is 2.80 bits per heavy atom. The van der Waals surface area contributed by atoms with Gasteiger partial charge >= 0.3 is 0 Å². The topological polar surface area (TPSA) is 168 Å². The quantitative estimate of drug-likeness (QED) is 0.170. The summed E-state index contributed by atoms with van der Waals surface area (Å²) in [6, 6.07) is 0. The maximum absolute atomic E-state index is 9.34. The fourth-order valence-electron chi connectivity index (χ4n) is 1.64. The third-order valence-electron chi connectivity index (χ3n) is 2.76. The number of rotatable bonds is 11. The zero-order chi connectivity index (χ0) is 18.1. The number of anilines is 2. The molecule has 0 amide bonds. The molecule has 138 valence electrons. The van der Waals surface area contributed by atoms with Crippen LogP contribution in [0, 0.1) is 0 Å². The van der Waals surface area contributed by atoms with Crippen molar-refractivity contribution in [3.63, 3.8) is 0 Å². The maximum Gasteiger partial charge on any atom is 0.212 e. The Bertz CT molecular complexity index is 673. The summed E-state index contributed by atoms with van der Waals surface area (Å²) in [5.74, 6) is 2.83. The molecule has 2 aromatic heterocycles. The molecule has 0 saturated heterocycles. The van der Waals surface area contributed by atoms with Crippen LogP contribution in [0.4, 0.5) is 16.8 Å². The third-order valence-corrected chi connectivity index (χ3v) is 5.06. The standard InChI is InChI=1S/C12H20N8O2S3/c13-11(14)18-12-17-7(6-24-12)5-23-2-1-15-9-10(20-25-19-9)16-3-8(22)4-21/h6,8,21-22H,1-5H2,(H,15,19)(H,16,20)(H4,13,14,17,18). The van der Waals surface area contributed by atoms with Gasteiger partial charge in [0.2, 0.25) is 5.13 Å². The Hall–Kier alpha value is -1.67. The number of hydrogen-bond acceptors (Lipinski definition) is 11. The highest BCUT2D eigenvalue weighted by Gasteiger charge is 2.09. The Labute approximate surface area is 157 Å². The zero-order valence-corrected chi connectivity index (χ0v) is 15.7. The Morgan fingerprint density at radius 1 is 1.32 bits per heavy atom. The molecule has 8 N–H and O–H groups in total. The predicted octanol–water partition coefficient (Wildman–Crippen LogP) is 0.00990. The van der Waals surface area contributed by atoms with Gasteiger partial charge in [0, 0.05) is 30.0 Å². The van der Waals surface area contributed by atoms with Crippen LogP contribution in [0.1, 0.15) is 5.69 Å². The molecule has 0 aromatic carbocycles. The van der Waals surface area contributed by atoms with Gasteiger partial charge in [0.05, 0.1) is 30.1 Å². The molecule has 10 nitrogen and oxygen atoms in total. The van der Waals surface area contributed by atoms with Gasteiger partial charge in [-0.15, -0.1) is 11.3 Å². The molecule has 1 atom stereocenters. The minimum atomic E-state index is -0.827. The summed E-state index contributed by atoms with van der Waals surface area (Å²) < 4.78 is 8.27. The Morgan fingerprint density at radius 2 is 2.08 bits per heavy atom. The van der Waals surface area contributed by atoms with Gasteiger partial charge in [-0.3, -0.25) is 0 Å². The van der Waals surface area contributed by atoms with Crippen molar-refractivity contribution in [2.24, 2.45) is 16.5 Å². The van der Waals surface area contributed by atoms with Crippen molar-refractivity contribution in [1.82, 2.24) is 13.7 Å². The van der Waals surface area contributed by atoms with Crippen LogP contribution in [0.15, 0.2) is 10.4 Å². The largest absolute Gasteiger partial charge is 0.394 e. The summed E-state index contributed by atoms with van der Waals surface area (Å²) in [6.45, 7) is 0.622. The maximum atomic E-state index is 9.34. The van der Waals surface area contributed by atoms with Crippen LogP contribution in [0.25, 0.3) is 0 Å². The number of aliphatic hydroxyl groups is 2. The number of thiazole rings is 1. The van der Waals surface area contributed by atoms with E-state index in [1.807, 2.05) is 5.38 Å². The van der Waals surface area contributed by atoms with Gasteiger partial charge < -0.3 is 32.3 Å². The van der Waals surface area contributed by atoms with E-state index in [1.165, 1.54) is 11.3 Å². The second-order valence-electron chi connectivity index (χ2n) is 4.82. The molecule has 2 aromatic rings. The van der Waals surface area contributed by atoms with Crippen LogP contribution in [0.5, 0.6) is 0 Å². The first-order valence-corrected chi connectivity index (χ1v) is 10.1. The molecule has 0 aliphatic carbocycles. The van der Waals surface area contributed by atoms with Crippen molar-refractivity contribution in [2.75, 3.05) is 36.1 Å². The van der Waals surface area contributed by atoms with E-state index in [-0.39, 0.29) is 19.1 Å². The van der Waals surface area contributed by atoms with Gasteiger partial charge in [0.15, 0.2) is 17.6 Å². The van der Waals surface area contributed by atoms with Gasteiger partial charge in [0.1, 0.15) is 0 Å². The first-order valence-electron chi connectivity index (χ1n) is 7.29. The number of nitrogens with two attached hydrogens (primary N) is 2. The van der Waals surface area contributed by atoms with Crippen molar-refractivity contribution < 1.29 is 10.2 Å². The van der Waals surface area contributed by atoms with E-state index in [1.54, 1.807) is 11.8 Å². The minimum Gasteiger partial charge on any atom is -0.394 e. The van der Waals surface area contributed by atoms with Crippen LogP contribution in [0.3, 0.4) is 0 Å². The Balaban J connectivity index is 1.67. The molecule has 0 aliphatic heterocycles. The van der Waals surface area contributed by atoms with E-state index in [4.69, 9.17) is 16.6 Å². The number of aliphatic imine (C=N–C) groups is 1. The lowest BCUT2D eigenvalue weighted by molar-refractivity contribution is 0.105. The number of hydrogen-bond donors (Lipinski definition) is 6. The molecule has 2 rings (SSSR count). The summed E-state index contributed by atoms with van der Waals surface area (Å²) in [4.78, 5) is 8.22. The minimum absolute atomic E-state index is 0.00514. The first kappa shape index (κ1) is 19.7. The normalized spacial score (nSPS) is 11.9. The van der Waals surface area contributed by atoms with Gasteiger partial charge in [-0.25, -0.2) is 4.98 Å². The number of nitrogens with zero attached hydrogens (tertiary/aromatic N) is 4. The molecule has 0 fully saturated rings. The van der Waals surface area contributed by atoms with Crippen LogP contribution in [0.2, 0.25) is 0 Å². The zero-order valence-electron chi connectivity index (χ0n) is 13.3. The molecule has 0 bridgehead atoms. The van der Waals surface area contributed by atoms with Crippen molar-refractivity contribution in [3.8, 4) is 0 Å². The highest BCUT2D eigenvalue weighted by Crippen LogP contribution is 2.22. The summed E-state index contributed by atoms with van der Waals surface area (Å²) in [7, 11) is 0. The second kappa shape index (κ2) is 10.4. The van der Waals surface area contributed by atoms with Crippen molar-refractivity contribution in [1.29, 1.82) is 0 Å². The molecule has 0 aliphatic rings. The average molecular weight is 405 g/mol. The lowest BCUT2D eigenvalue weighted by atomic mass is 10.4. The third kappa shape index (κ3) is 6.99. The number of aromatic nitrogens is 3. The van der Waals surface area contributed by atoms with Gasteiger partial charge in [-0.1, -0.05) is 0 Å². The smallest absolute Gasteiger partial charge is 0.212 e. The molecule has 13 heteroatoms. The van der Waals surface area contributed by atoms with Crippen molar-refractivity contribution in [3.05, 3.63) is 11.1 Å². The number of nitrogens with one attached hydrogen (secondary N) is 2. The molecular weight excluding hydrogens is 384 g/mol. The second-order valence-corrected chi connectivity index (χ2v) is 7.29. The van der Waals surface area contributed by atoms with E-state index < -0.39 is 6.10 Å². The van der Waals surface area contributed by atoms with E-state index in [0.29, 0.717) is 23.3 Å². The highest BCUT2D eigenvalue weighted by molar-refractivity contribution is 7.98. The summed E-state index contributed by atoms with van der Waals surface area (Å²) >= 11 is 4.20. The molecule has 0 spiro atoms. The van der Waals surface area contributed by atoms with Gasteiger partial charge in [-0.05, 0) is 0 Å². The molecule has 1 unspecified atom stereocenters. The highest BCUT2D eigenvalue weighted by atomic mass is 32.2. The summed E-state index contributed by atoms with van der Waals surface area (Å²) in [6.07, 6.45) is -0.827. The van der Waals surface area contributed by atoms with Crippen LogP contribution in [-0.4, -0.2) is 61.5 Å². The number of thioether (sulfide) groups is 1. The molecule has 2 heterocycles. The summed E-state index contributed by atoms with van der Waals surface area (Å²) in [5, 5.41) is 26.8. The monoisotopic (exact) mass is 404 g/mol. The number of aliphatic hydroxyl groups excluding tert-OH is 2. The molecule has 25 heavy (non-hydrogen) atoms. The SMILES string of the molecule is NC(N)=Nc1nc(CSCCNc2nsnc2NCC(O)CO)cs1. The van der Waals surface area contributed by atoms with Crippen molar-refractivity contribution >= 4 is 57.6 Å². The van der Waals surface area contributed by atoms with Gasteiger partial charge in [0.25, 0.3) is 0 Å². The molecular formula is C12H20N8O2S3. The lowest BCUT2D eigenvalue weighted by Gasteiger charge is -2.09. The van der Waals surface area contributed by atoms with E-state index in [9.17, 15) is 5.11 Å². The van der Waals surface area contributed by atoms with E-state index in [2.05, 4.69) is 29.4 Å². The predicted molar refractivity (Wildman–Crippen MR) is 104 cm³/mol. The number of guanidine groups is 1. The molecule has 0 radical (unpaired) electrons.